The molecule has 0 fully saturated rings. The first-order valence-corrected chi connectivity index (χ1v) is 2.62. The monoisotopic (exact) mass is 142 g/mol. The molecule has 0 amide bonds. The van der Waals surface area contributed by atoms with Crippen molar-refractivity contribution < 1.29 is 9.60 Å². The van der Waals surface area contributed by atoms with Gasteiger partial charge in [0.25, 0.3) is 0 Å². The van der Waals surface area contributed by atoms with E-state index >= 15 is 0 Å². The van der Waals surface area contributed by atoms with Crippen molar-refractivity contribution in [2.45, 2.75) is 0 Å². The summed E-state index contributed by atoms with van der Waals surface area (Å²) in [5.41, 5.74) is 0.0152. The minimum atomic E-state index is -0.439. The van der Waals surface area contributed by atoms with E-state index in [1.54, 1.807) is 0 Å². The molecule has 1 N–H and O–H groups in total. The highest BCUT2D eigenvalue weighted by Crippen LogP contribution is 2.10. The van der Waals surface area contributed by atoms with Crippen molar-refractivity contribution in [1.29, 1.82) is 0 Å². The topological polar surface area (TPSA) is 46.5 Å². The number of hydrogen-bond donors (Lipinski definition) is 1. The van der Waals surface area contributed by atoms with E-state index in [0.29, 0.717) is 0 Å². The summed E-state index contributed by atoms with van der Waals surface area (Å²) in [7, 11) is 0. The third-order valence-corrected chi connectivity index (χ3v) is 1.05. The molecule has 0 unspecified atom stereocenters. The van der Waals surface area contributed by atoms with Crippen LogP contribution in [0.5, 0.6) is 0 Å². The van der Waals surface area contributed by atoms with Gasteiger partial charge in [-0.05, 0) is 24.3 Å². The molecule has 10 heavy (non-hydrogen) atoms. The Hall–Kier alpha value is -1.13. The third kappa shape index (κ3) is 1.43. The number of nitrogens with zero attached hydrogens (tertiary/aromatic N) is 1. The van der Waals surface area contributed by atoms with Crippen LogP contribution in [0.15, 0.2) is 24.3 Å². The van der Waals surface area contributed by atoms with Crippen molar-refractivity contribution in [1.82, 2.24) is 0 Å². The highest BCUT2D eigenvalue weighted by atomic mass is 19.1. The lowest BCUT2D eigenvalue weighted by Gasteiger charge is -2.20. The summed E-state index contributed by atoms with van der Waals surface area (Å²) in [6.07, 6.45) is 0. The van der Waals surface area contributed by atoms with E-state index in [4.69, 9.17) is 5.21 Å². The molecule has 0 radical (unpaired) electrons. The number of halogens is 1. The SMILES string of the molecule is [O-]N(O)c1ccc(F)cc1. The van der Waals surface area contributed by atoms with E-state index in [-0.39, 0.29) is 10.9 Å². The van der Waals surface area contributed by atoms with E-state index < -0.39 is 5.82 Å². The molecule has 0 bridgehead atoms. The summed E-state index contributed by atoms with van der Waals surface area (Å²) >= 11 is 0. The van der Waals surface area contributed by atoms with Gasteiger partial charge in [0.05, 0.1) is 5.69 Å². The van der Waals surface area contributed by atoms with E-state index in [1.165, 1.54) is 12.1 Å². The molecule has 0 saturated carbocycles. The van der Waals surface area contributed by atoms with E-state index in [1.807, 2.05) is 0 Å². The van der Waals surface area contributed by atoms with Crippen LogP contribution in [0, 0.1) is 11.0 Å². The molecule has 0 aliphatic carbocycles. The fourth-order valence-corrected chi connectivity index (χ4v) is 0.569. The molecular weight excluding hydrogens is 137 g/mol. The number of benzene rings is 1. The molecule has 0 atom stereocenters. The predicted octanol–water partition coefficient (Wildman–Crippen LogP) is 1.52. The molecule has 0 heterocycles. The number of anilines is 1. The Bertz CT molecular complexity index is 209. The average molecular weight is 142 g/mol. The zero-order chi connectivity index (χ0) is 7.56. The second-order valence-corrected chi connectivity index (χ2v) is 1.75. The Balaban J connectivity index is 2.89. The Morgan fingerprint density at radius 2 is 1.80 bits per heavy atom. The zero-order valence-electron chi connectivity index (χ0n) is 4.99. The Morgan fingerprint density at radius 3 is 2.20 bits per heavy atom. The van der Waals surface area contributed by atoms with E-state index in [0.717, 1.165) is 12.1 Å². The van der Waals surface area contributed by atoms with Gasteiger partial charge in [0.1, 0.15) is 5.82 Å². The maximum Gasteiger partial charge on any atom is 0.123 e. The lowest BCUT2D eigenvalue weighted by Crippen LogP contribution is -2.06. The molecular formula is C6H5FNO2-. The van der Waals surface area contributed by atoms with Crippen molar-refractivity contribution in [3.8, 4) is 0 Å². The maximum absolute atomic E-state index is 12.1. The van der Waals surface area contributed by atoms with Crippen molar-refractivity contribution in [2.75, 3.05) is 5.23 Å². The molecule has 0 aliphatic heterocycles. The normalized spacial score (nSPS) is 9.50. The fourth-order valence-electron chi connectivity index (χ4n) is 0.569. The summed E-state index contributed by atoms with van der Waals surface area (Å²) in [6, 6.07) is 4.55. The van der Waals surface area contributed by atoms with Gasteiger partial charge >= 0.3 is 0 Å². The van der Waals surface area contributed by atoms with Crippen LogP contribution in [-0.2, 0) is 0 Å². The quantitative estimate of drug-likeness (QED) is 0.604. The highest BCUT2D eigenvalue weighted by Gasteiger charge is 1.90. The first-order chi connectivity index (χ1) is 4.70. The first kappa shape index (κ1) is 6.98. The van der Waals surface area contributed by atoms with Crippen LogP contribution in [-0.4, -0.2) is 5.21 Å². The van der Waals surface area contributed by atoms with Crippen molar-refractivity contribution >= 4 is 5.69 Å². The molecule has 0 spiro atoms. The minimum absolute atomic E-state index is 0.0152. The van der Waals surface area contributed by atoms with Crippen LogP contribution in [0.4, 0.5) is 10.1 Å². The van der Waals surface area contributed by atoms with Gasteiger partial charge in [-0.15, -0.1) is 0 Å². The molecule has 0 aliphatic rings. The third-order valence-electron chi connectivity index (χ3n) is 1.05. The Kier molecular flexibility index (Phi) is 1.84. The summed E-state index contributed by atoms with van der Waals surface area (Å²) in [5.74, 6) is -0.439. The van der Waals surface area contributed by atoms with Crippen LogP contribution < -0.4 is 5.23 Å². The lowest BCUT2D eigenvalue weighted by atomic mass is 10.3. The second-order valence-electron chi connectivity index (χ2n) is 1.75. The standard InChI is InChI=1S/C6H5FNO2/c7-5-1-3-6(4-2-5)8(9)10/h1-4,9H/q-1. The van der Waals surface area contributed by atoms with Crippen molar-refractivity contribution in [2.24, 2.45) is 0 Å². The molecule has 1 rings (SSSR count). The number of hydrogen-bond acceptors (Lipinski definition) is 3. The van der Waals surface area contributed by atoms with Crippen LogP contribution >= 0.6 is 0 Å². The first-order valence-electron chi connectivity index (χ1n) is 2.62. The van der Waals surface area contributed by atoms with Crippen LogP contribution in [0.1, 0.15) is 0 Å². The van der Waals surface area contributed by atoms with Crippen molar-refractivity contribution in [3.05, 3.63) is 35.3 Å². The molecule has 54 valence electrons. The van der Waals surface area contributed by atoms with Gasteiger partial charge < -0.3 is 10.4 Å². The highest BCUT2D eigenvalue weighted by molar-refractivity contribution is 5.43. The second kappa shape index (κ2) is 2.64. The van der Waals surface area contributed by atoms with Crippen LogP contribution in [0.2, 0.25) is 0 Å². The van der Waals surface area contributed by atoms with Crippen LogP contribution in [0.25, 0.3) is 0 Å². The summed E-state index contributed by atoms with van der Waals surface area (Å²) in [4.78, 5) is 0. The van der Waals surface area contributed by atoms with Gasteiger partial charge in [0, 0.05) is 0 Å². The maximum atomic E-state index is 12.1. The largest absolute Gasteiger partial charge is 0.733 e. The molecule has 1 aromatic rings. The lowest BCUT2D eigenvalue weighted by molar-refractivity contribution is 0.296. The average Bonchev–Trinajstić information content (AvgIpc) is 1.88. The Labute approximate surface area is 56.9 Å². The smallest absolute Gasteiger partial charge is 0.123 e. The van der Waals surface area contributed by atoms with Gasteiger partial charge in [0.15, 0.2) is 0 Å². The zero-order valence-corrected chi connectivity index (χ0v) is 4.99. The van der Waals surface area contributed by atoms with E-state index in [9.17, 15) is 9.60 Å². The fraction of sp³-hybridized carbons (Fsp3) is 0. The van der Waals surface area contributed by atoms with Gasteiger partial charge in [-0.25, -0.2) is 4.39 Å². The van der Waals surface area contributed by atoms with E-state index in [2.05, 4.69) is 0 Å². The molecule has 0 aromatic heterocycles. The molecule has 4 heteroatoms. The summed E-state index contributed by atoms with van der Waals surface area (Å²) in [6.45, 7) is 0. The predicted molar refractivity (Wildman–Crippen MR) is 34.0 cm³/mol. The Morgan fingerprint density at radius 1 is 1.30 bits per heavy atom. The minimum Gasteiger partial charge on any atom is -0.733 e. The number of rotatable bonds is 1. The summed E-state index contributed by atoms with van der Waals surface area (Å²) in [5, 5.41) is 18.1. The van der Waals surface area contributed by atoms with Gasteiger partial charge in [-0.1, -0.05) is 0 Å². The molecule has 1 aromatic carbocycles. The molecule has 3 nitrogen and oxygen atoms in total. The van der Waals surface area contributed by atoms with Crippen LogP contribution in [0.3, 0.4) is 0 Å². The summed E-state index contributed by atoms with van der Waals surface area (Å²) < 4.78 is 12.1. The van der Waals surface area contributed by atoms with Gasteiger partial charge in [-0.3, -0.25) is 5.21 Å². The van der Waals surface area contributed by atoms with Crippen molar-refractivity contribution in [3.63, 3.8) is 0 Å². The molecule has 0 saturated heterocycles. The van der Waals surface area contributed by atoms with Gasteiger partial charge in [0.2, 0.25) is 0 Å². The van der Waals surface area contributed by atoms with Gasteiger partial charge in [-0.2, -0.15) is 0 Å².